The van der Waals surface area contributed by atoms with E-state index in [4.69, 9.17) is 5.11 Å². The Labute approximate surface area is 167 Å². The summed E-state index contributed by atoms with van der Waals surface area (Å²) in [7, 11) is 0. The number of rotatable bonds is 5. The summed E-state index contributed by atoms with van der Waals surface area (Å²) in [5.41, 5.74) is 0.685. The fraction of sp³-hybridized carbons (Fsp3) is 1.00. The Bertz CT molecular complexity index is 532. The molecule has 4 aliphatic carbocycles. The van der Waals surface area contributed by atoms with E-state index in [9.17, 15) is 5.11 Å². The lowest BCUT2D eigenvalue weighted by molar-refractivity contribution is -0.151. The first-order valence-electron chi connectivity index (χ1n) is 12.2. The molecule has 0 aromatic heterocycles. The fourth-order valence-electron chi connectivity index (χ4n) is 8.73. The lowest BCUT2D eigenvalue weighted by atomic mass is 9.43. The molecule has 0 aliphatic heterocycles. The van der Waals surface area contributed by atoms with Crippen LogP contribution in [-0.2, 0) is 0 Å². The van der Waals surface area contributed by atoms with E-state index >= 15 is 0 Å². The normalized spacial score (nSPS) is 52.1. The molecule has 4 aliphatic rings. The van der Waals surface area contributed by atoms with E-state index in [1.54, 1.807) is 0 Å². The minimum absolute atomic E-state index is 0.363. The molecule has 2 nitrogen and oxygen atoms in total. The molecule has 2 heteroatoms. The molecule has 27 heavy (non-hydrogen) atoms. The van der Waals surface area contributed by atoms with Crippen LogP contribution in [0.25, 0.3) is 0 Å². The lowest BCUT2D eigenvalue weighted by Crippen LogP contribution is -2.55. The van der Waals surface area contributed by atoms with Crippen LogP contribution < -0.4 is 0 Å². The van der Waals surface area contributed by atoms with Crippen molar-refractivity contribution in [1.29, 1.82) is 0 Å². The molecule has 2 N–H and O–H groups in total. The summed E-state index contributed by atoms with van der Waals surface area (Å²) in [5, 5.41) is 20.1. The molecular weight excluding hydrogens is 332 g/mol. The SMILES string of the molecule is CC[C@]1(O)CCC2(C)C(CCC3C2CC[C@@]2(C)C3CC[C@@H]2CCCCO)C1. The van der Waals surface area contributed by atoms with Gasteiger partial charge in [0.05, 0.1) is 5.60 Å². The average molecular weight is 377 g/mol. The van der Waals surface area contributed by atoms with Gasteiger partial charge in [0.2, 0.25) is 0 Å². The smallest absolute Gasteiger partial charge is 0.0648 e. The Morgan fingerprint density at radius 3 is 2.37 bits per heavy atom. The number of fused-ring (bicyclic) bond motifs is 5. The van der Waals surface area contributed by atoms with Crippen molar-refractivity contribution in [2.45, 2.75) is 110 Å². The predicted octanol–water partition coefficient (Wildman–Crippen LogP) is 5.95. The van der Waals surface area contributed by atoms with Crippen LogP contribution in [0.4, 0.5) is 0 Å². The second kappa shape index (κ2) is 7.31. The highest BCUT2D eigenvalue weighted by Gasteiger charge is 2.60. The molecule has 4 rings (SSSR count). The van der Waals surface area contributed by atoms with Crippen LogP contribution >= 0.6 is 0 Å². The fourth-order valence-corrected chi connectivity index (χ4v) is 8.73. The maximum Gasteiger partial charge on any atom is 0.0648 e. The molecule has 0 radical (unpaired) electrons. The zero-order chi connectivity index (χ0) is 19.3. The van der Waals surface area contributed by atoms with E-state index in [1.807, 2.05) is 0 Å². The van der Waals surface area contributed by atoms with Crippen molar-refractivity contribution < 1.29 is 10.2 Å². The molecule has 0 saturated heterocycles. The summed E-state index contributed by atoms with van der Waals surface area (Å²) in [6.07, 6.45) is 16.4. The molecule has 4 saturated carbocycles. The van der Waals surface area contributed by atoms with Crippen LogP contribution in [0.2, 0.25) is 0 Å². The highest BCUT2D eigenvalue weighted by molar-refractivity contribution is 5.10. The molecule has 0 aromatic carbocycles. The standard InChI is InChI=1S/C25H44O2/c1-4-25(27)15-14-24(3)19(17-25)8-10-20-21-11-9-18(7-5-6-16-26)23(21,2)13-12-22(20)24/h18-22,26-27H,4-17H2,1-3H3/t18-,19?,20?,21?,22?,23+,24?,25-/m0/s1. The van der Waals surface area contributed by atoms with E-state index in [2.05, 4.69) is 20.8 Å². The topological polar surface area (TPSA) is 40.5 Å². The Morgan fingerprint density at radius 1 is 0.852 bits per heavy atom. The first kappa shape index (κ1) is 20.2. The van der Waals surface area contributed by atoms with Gasteiger partial charge in [0.1, 0.15) is 0 Å². The van der Waals surface area contributed by atoms with Gasteiger partial charge in [0, 0.05) is 6.61 Å². The Hall–Kier alpha value is -0.0800. The summed E-state index contributed by atoms with van der Waals surface area (Å²) >= 11 is 0. The van der Waals surface area contributed by atoms with Crippen molar-refractivity contribution in [2.75, 3.05) is 6.61 Å². The van der Waals surface area contributed by atoms with Gasteiger partial charge in [-0.1, -0.05) is 27.2 Å². The van der Waals surface area contributed by atoms with Crippen molar-refractivity contribution in [3.8, 4) is 0 Å². The van der Waals surface area contributed by atoms with Crippen LogP contribution in [0.15, 0.2) is 0 Å². The summed E-state index contributed by atoms with van der Waals surface area (Å²) in [5.74, 6) is 4.45. The van der Waals surface area contributed by atoms with Crippen molar-refractivity contribution in [3.63, 3.8) is 0 Å². The molecule has 0 bridgehead atoms. The van der Waals surface area contributed by atoms with Crippen molar-refractivity contribution in [2.24, 2.45) is 40.4 Å². The first-order chi connectivity index (χ1) is 12.9. The minimum Gasteiger partial charge on any atom is -0.396 e. The molecule has 5 unspecified atom stereocenters. The van der Waals surface area contributed by atoms with Gasteiger partial charge >= 0.3 is 0 Å². The second-order valence-corrected chi connectivity index (χ2v) is 11.5. The van der Waals surface area contributed by atoms with Crippen LogP contribution in [0.3, 0.4) is 0 Å². The molecule has 0 aromatic rings. The maximum absolute atomic E-state index is 10.9. The Kier molecular flexibility index (Phi) is 5.47. The van der Waals surface area contributed by atoms with Gasteiger partial charge in [-0.05, 0) is 117 Å². The third-order valence-electron chi connectivity index (χ3n) is 10.6. The van der Waals surface area contributed by atoms with E-state index < -0.39 is 0 Å². The third kappa shape index (κ3) is 3.21. The van der Waals surface area contributed by atoms with Crippen molar-refractivity contribution >= 4 is 0 Å². The third-order valence-corrected chi connectivity index (χ3v) is 10.6. The zero-order valence-electron chi connectivity index (χ0n) is 18.2. The van der Waals surface area contributed by atoms with E-state index in [1.165, 1.54) is 57.8 Å². The molecule has 0 spiro atoms. The van der Waals surface area contributed by atoms with Crippen molar-refractivity contribution in [3.05, 3.63) is 0 Å². The van der Waals surface area contributed by atoms with Gasteiger partial charge in [-0.2, -0.15) is 0 Å². The van der Waals surface area contributed by atoms with Crippen LogP contribution in [0.1, 0.15) is 104 Å². The van der Waals surface area contributed by atoms with Crippen molar-refractivity contribution in [1.82, 2.24) is 0 Å². The molecule has 156 valence electrons. The Balaban J connectivity index is 1.49. The summed E-state index contributed by atoms with van der Waals surface area (Å²) < 4.78 is 0. The van der Waals surface area contributed by atoms with E-state index in [0.717, 1.165) is 55.3 Å². The number of aliphatic hydroxyl groups is 2. The number of hydrogen-bond acceptors (Lipinski definition) is 2. The molecular formula is C25H44O2. The molecule has 0 amide bonds. The highest BCUT2D eigenvalue weighted by atomic mass is 16.3. The number of aliphatic hydroxyl groups excluding tert-OH is 1. The minimum atomic E-state index is -0.370. The van der Waals surface area contributed by atoms with Gasteiger partial charge in [-0.15, -0.1) is 0 Å². The molecule has 4 fully saturated rings. The van der Waals surface area contributed by atoms with E-state index in [0.29, 0.717) is 17.4 Å². The van der Waals surface area contributed by atoms with Gasteiger partial charge in [0.15, 0.2) is 0 Å². The highest BCUT2D eigenvalue weighted by Crippen LogP contribution is 2.68. The number of unbranched alkanes of at least 4 members (excludes halogenated alkanes) is 1. The maximum atomic E-state index is 10.9. The summed E-state index contributed by atoms with van der Waals surface area (Å²) in [6.45, 7) is 7.78. The van der Waals surface area contributed by atoms with Gasteiger partial charge in [-0.3, -0.25) is 0 Å². The van der Waals surface area contributed by atoms with Gasteiger partial charge in [-0.25, -0.2) is 0 Å². The summed E-state index contributed by atoms with van der Waals surface area (Å²) in [6, 6.07) is 0. The van der Waals surface area contributed by atoms with Crippen LogP contribution in [0, 0.1) is 40.4 Å². The summed E-state index contributed by atoms with van der Waals surface area (Å²) in [4.78, 5) is 0. The average Bonchev–Trinajstić information content (AvgIpc) is 2.99. The quantitative estimate of drug-likeness (QED) is 0.582. The predicted molar refractivity (Wildman–Crippen MR) is 111 cm³/mol. The lowest BCUT2D eigenvalue weighted by Gasteiger charge is -2.62. The zero-order valence-corrected chi connectivity index (χ0v) is 18.2. The first-order valence-corrected chi connectivity index (χ1v) is 12.2. The van der Waals surface area contributed by atoms with Crippen LogP contribution in [-0.4, -0.2) is 22.4 Å². The second-order valence-electron chi connectivity index (χ2n) is 11.5. The van der Waals surface area contributed by atoms with Gasteiger partial charge < -0.3 is 10.2 Å². The number of hydrogen-bond donors (Lipinski definition) is 2. The van der Waals surface area contributed by atoms with Crippen LogP contribution in [0.5, 0.6) is 0 Å². The van der Waals surface area contributed by atoms with Gasteiger partial charge in [0.25, 0.3) is 0 Å². The largest absolute Gasteiger partial charge is 0.396 e. The monoisotopic (exact) mass is 376 g/mol. The molecule has 8 atom stereocenters. The molecule has 0 heterocycles. The Morgan fingerprint density at radius 2 is 1.63 bits per heavy atom. The van der Waals surface area contributed by atoms with E-state index in [-0.39, 0.29) is 5.60 Å².